The summed E-state index contributed by atoms with van der Waals surface area (Å²) in [6.45, 7) is 11.6. The van der Waals surface area contributed by atoms with E-state index in [1.54, 1.807) is 13.1 Å². The van der Waals surface area contributed by atoms with Gasteiger partial charge in [0, 0.05) is 24.1 Å². The van der Waals surface area contributed by atoms with Crippen molar-refractivity contribution >= 4 is 46.9 Å². The highest BCUT2D eigenvalue weighted by Crippen LogP contribution is 2.65. The molecule has 1 aromatic rings. The smallest absolute Gasteiger partial charge is 0.404 e. The summed E-state index contributed by atoms with van der Waals surface area (Å²) in [6.07, 6.45) is 7.04. The van der Waals surface area contributed by atoms with Gasteiger partial charge in [-0.1, -0.05) is 55.8 Å². The minimum Gasteiger partial charge on any atom is -0.404 e. The Labute approximate surface area is 259 Å². The lowest BCUT2D eigenvalue weighted by Crippen LogP contribution is -2.65. The molecule has 3 aliphatic carbocycles. The number of guanidine groups is 1. The van der Waals surface area contributed by atoms with Gasteiger partial charge in [0.15, 0.2) is 5.96 Å². The Bertz CT molecular complexity index is 1160. The van der Waals surface area contributed by atoms with Crippen LogP contribution in [0.5, 0.6) is 0 Å². The number of halogens is 1. The summed E-state index contributed by atoms with van der Waals surface area (Å²) < 4.78 is 14.2. The van der Waals surface area contributed by atoms with Gasteiger partial charge in [-0.05, 0) is 86.0 Å². The van der Waals surface area contributed by atoms with E-state index in [-0.39, 0.29) is 40.8 Å². The Balaban J connectivity index is 1.44. The highest BCUT2D eigenvalue weighted by atomic mass is 79.9. The zero-order chi connectivity index (χ0) is 30.7. The number of amides is 2. The predicted octanol–water partition coefficient (Wildman–Crippen LogP) is 4.27. The molecule has 4 fully saturated rings. The van der Waals surface area contributed by atoms with Crippen molar-refractivity contribution in [3.8, 4) is 0 Å². The van der Waals surface area contributed by atoms with Crippen LogP contribution in [0.15, 0.2) is 34.8 Å². The van der Waals surface area contributed by atoms with Gasteiger partial charge in [0.25, 0.3) is 0 Å². The number of rotatable bonds is 12. The quantitative estimate of drug-likeness (QED) is 0.0762. The molecular formula is C31H47BBrN5O4. The first-order valence-electron chi connectivity index (χ1n) is 15.2. The fourth-order valence-corrected chi connectivity index (χ4v) is 7.21. The lowest BCUT2D eigenvalue weighted by molar-refractivity contribution is -0.199. The number of benzene rings is 1. The van der Waals surface area contributed by atoms with Gasteiger partial charge in [0.2, 0.25) is 11.8 Å². The molecule has 5 rings (SSSR count). The maximum absolute atomic E-state index is 13.8. The van der Waals surface area contributed by atoms with Crippen LogP contribution in [0.2, 0.25) is 0 Å². The van der Waals surface area contributed by atoms with Crippen LogP contribution in [-0.4, -0.2) is 62.2 Å². The van der Waals surface area contributed by atoms with Crippen molar-refractivity contribution in [1.29, 1.82) is 5.41 Å². The molecule has 2 amide bonds. The molecule has 0 unspecified atom stereocenters. The van der Waals surface area contributed by atoms with E-state index in [9.17, 15) is 9.59 Å². The van der Waals surface area contributed by atoms with Gasteiger partial charge in [0.1, 0.15) is 6.04 Å². The lowest BCUT2D eigenvalue weighted by Gasteiger charge is -2.64. The summed E-state index contributed by atoms with van der Waals surface area (Å²) in [5.41, 5.74) is 0.752. The van der Waals surface area contributed by atoms with Gasteiger partial charge >= 0.3 is 7.12 Å². The minimum absolute atomic E-state index is 0.0265. The SMILES string of the molecule is CNC(=N)NCCC[C@H](NC(=O)/C=C/c1ccc(Br)cc1)C(=O)N[C@@H](CC(C)C)B1O[C@@H]2C[C@@H]3C[C@@H](C3(C)C)[C@]2(C)O1. The number of nitrogens with one attached hydrogen (secondary N) is 5. The van der Waals surface area contributed by atoms with E-state index in [4.69, 9.17) is 14.7 Å². The monoisotopic (exact) mass is 643 g/mol. The molecule has 2 bridgehead atoms. The third-order valence-corrected chi connectivity index (χ3v) is 10.0. The largest absolute Gasteiger partial charge is 0.481 e. The Kier molecular flexibility index (Phi) is 10.5. The zero-order valence-corrected chi connectivity index (χ0v) is 27.3. The molecule has 0 aromatic heterocycles. The molecule has 1 saturated heterocycles. The molecule has 9 nitrogen and oxygen atoms in total. The predicted molar refractivity (Wildman–Crippen MR) is 171 cm³/mol. The molecular weight excluding hydrogens is 597 g/mol. The second-order valence-corrected chi connectivity index (χ2v) is 14.1. The minimum atomic E-state index is -0.752. The first kappa shape index (κ1) is 32.5. The second kappa shape index (κ2) is 13.5. The van der Waals surface area contributed by atoms with E-state index < -0.39 is 13.2 Å². The zero-order valence-electron chi connectivity index (χ0n) is 25.8. The normalized spacial score (nSPS) is 27.1. The van der Waals surface area contributed by atoms with Crippen molar-refractivity contribution in [1.82, 2.24) is 21.3 Å². The molecule has 11 heteroatoms. The van der Waals surface area contributed by atoms with Crippen LogP contribution < -0.4 is 21.3 Å². The molecule has 1 heterocycles. The molecule has 1 aliphatic heterocycles. The number of carbonyl (C=O) groups excluding carboxylic acids is 2. The molecule has 1 aromatic carbocycles. The molecule has 5 N–H and O–H groups in total. The van der Waals surface area contributed by atoms with Gasteiger partial charge < -0.3 is 30.6 Å². The van der Waals surface area contributed by atoms with Gasteiger partial charge in [-0.3, -0.25) is 15.0 Å². The first-order valence-corrected chi connectivity index (χ1v) is 16.0. The van der Waals surface area contributed by atoms with Gasteiger partial charge in [-0.15, -0.1) is 0 Å². The summed E-state index contributed by atoms with van der Waals surface area (Å²) in [5.74, 6) is 0.651. The Morgan fingerprint density at radius 1 is 1.17 bits per heavy atom. The lowest BCUT2D eigenvalue weighted by atomic mass is 9.43. The average molecular weight is 644 g/mol. The maximum atomic E-state index is 13.8. The molecule has 230 valence electrons. The Morgan fingerprint density at radius 3 is 2.52 bits per heavy atom. The van der Waals surface area contributed by atoms with Crippen LogP contribution in [0.3, 0.4) is 0 Å². The van der Waals surface area contributed by atoms with Crippen molar-refractivity contribution in [2.45, 2.75) is 90.4 Å². The molecule has 6 atom stereocenters. The van der Waals surface area contributed by atoms with Crippen LogP contribution in [0.25, 0.3) is 6.08 Å². The summed E-state index contributed by atoms with van der Waals surface area (Å²) in [6, 6.07) is 6.88. The fraction of sp³-hybridized carbons (Fsp3) is 0.645. The van der Waals surface area contributed by atoms with Crippen molar-refractivity contribution in [3.05, 3.63) is 40.4 Å². The fourth-order valence-electron chi connectivity index (χ4n) is 6.94. The van der Waals surface area contributed by atoms with Crippen LogP contribution in [0, 0.1) is 28.6 Å². The van der Waals surface area contributed by atoms with Crippen molar-refractivity contribution in [2.24, 2.45) is 23.2 Å². The van der Waals surface area contributed by atoms with Crippen molar-refractivity contribution < 1.29 is 18.9 Å². The van der Waals surface area contributed by atoms with Crippen molar-refractivity contribution in [2.75, 3.05) is 13.6 Å². The van der Waals surface area contributed by atoms with Gasteiger partial charge in [-0.25, -0.2) is 0 Å². The molecule has 3 saturated carbocycles. The highest BCUT2D eigenvalue weighted by Gasteiger charge is 2.68. The van der Waals surface area contributed by atoms with E-state index in [2.05, 4.69) is 71.8 Å². The second-order valence-electron chi connectivity index (χ2n) is 13.2. The van der Waals surface area contributed by atoms with Crippen LogP contribution >= 0.6 is 15.9 Å². The summed E-state index contributed by atoms with van der Waals surface area (Å²) in [7, 11) is 1.14. The standard InChI is InChI=1S/C31H47BBrN5O4/c1-19(2)16-26(32-41-25-18-21-17-24(30(21,3)4)31(25,5)42-32)38-28(40)23(8-7-15-36-29(34)35-6)37-27(39)14-11-20-9-12-22(33)13-10-20/h9-14,19,21,23-26H,7-8,15-18H2,1-6H3,(H,37,39)(H,38,40)(H3,34,35,36)/b14-11+/t21-,23-,24-,25+,26-,31-/m0/s1. The maximum Gasteiger partial charge on any atom is 0.481 e. The van der Waals surface area contributed by atoms with Crippen LogP contribution in [0.1, 0.15) is 72.3 Å². The van der Waals surface area contributed by atoms with E-state index in [1.165, 1.54) is 6.08 Å². The van der Waals surface area contributed by atoms with E-state index in [0.717, 1.165) is 22.9 Å². The highest BCUT2D eigenvalue weighted by molar-refractivity contribution is 9.10. The summed E-state index contributed by atoms with van der Waals surface area (Å²) in [5, 5.41) is 19.5. The Hall–Kier alpha value is -2.37. The van der Waals surface area contributed by atoms with E-state index >= 15 is 0 Å². The summed E-state index contributed by atoms with van der Waals surface area (Å²) >= 11 is 3.42. The number of hydrogen-bond acceptors (Lipinski definition) is 5. The first-order chi connectivity index (χ1) is 19.8. The average Bonchev–Trinajstić information content (AvgIpc) is 3.30. The third-order valence-electron chi connectivity index (χ3n) is 9.50. The van der Waals surface area contributed by atoms with Crippen molar-refractivity contribution in [3.63, 3.8) is 0 Å². The molecule has 0 radical (unpaired) electrons. The van der Waals surface area contributed by atoms with E-state index in [0.29, 0.717) is 43.6 Å². The number of hydrogen-bond donors (Lipinski definition) is 5. The van der Waals surface area contributed by atoms with Gasteiger partial charge in [-0.2, -0.15) is 0 Å². The molecule has 0 spiro atoms. The third kappa shape index (κ3) is 7.40. The van der Waals surface area contributed by atoms with Crippen LogP contribution in [-0.2, 0) is 18.9 Å². The Morgan fingerprint density at radius 2 is 1.88 bits per heavy atom. The topological polar surface area (TPSA) is 125 Å². The molecule has 4 aliphatic rings. The number of carbonyl (C=O) groups is 2. The summed E-state index contributed by atoms with van der Waals surface area (Å²) in [4.78, 5) is 26.7. The van der Waals surface area contributed by atoms with Gasteiger partial charge in [0.05, 0.1) is 17.6 Å². The van der Waals surface area contributed by atoms with E-state index in [1.807, 2.05) is 24.3 Å². The van der Waals surface area contributed by atoms with Crippen LogP contribution in [0.4, 0.5) is 0 Å². The molecule has 42 heavy (non-hydrogen) atoms.